The maximum absolute atomic E-state index is 12.5. The number of hydrogen-bond donors (Lipinski definition) is 7. The number of aliphatic carboxylic acids is 2. The van der Waals surface area contributed by atoms with E-state index in [4.69, 9.17) is 21.7 Å². The van der Waals surface area contributed by atoms with Crippen LogP contribution in [0.4, 0.5) is 0 Å². The quantitative estimate of drug-likeness (QED) is 0.160. The van der Waals surface area contributed by atoms with Crippen molar-refractivity contribution in [3.8, 4) is 0 Å². The molecule has 9 N–H and O–H groups in total. The lowest BCUT2D eigenvalue weighted by molar-refractivity contribution is -0.143. The van der Waals surface area contributed by atoms with Crippen LogP contribution in [0.15, 0.2) is 0 Å². The average molecular weight is 431 g/mol. The number of rotatable bonds is 13. The Morgan fingerprint density at radius 3 is 1.73 bits per heavy atom. The zero-order valence-corrected chi connectivity index (χ0v) is 17.0. The predicted octanol–water partition coefficient (Wildman–Crippen LogP) is -2.73. The summed E-state index contributed by atoms with van der Waals surface area (Å²) >= 11 is 0. The molecular weight excluding hydrogens is 402 g/mol. The number of nitrogens with one attached hydrogen (secondary N) is 3. The third-order valence-electron chi connectivity index (χ3n) is 4.34. The van der Waals surface area contributed by atoms with Gasteiger partial charge < -0.3 is 37.6 Å². The second-order valence-electron chi connectivity index (χ2n) is 6.87. The summed E-state index contributed by atoms with van der Waals surface area (Å²) in [5, 5.41) is 24.2. The van der Waals surface area contributed by atoms with E-state index < -0.39 is 72.6 Å². The first-order valence-electron chi connectivity index (χ1n) is 9.19. The third-order valence-corrected chi connectivity index (χ3v) is 4.34. The molecule has 13 nitrogen and oxygen atoms in total. The van der Waals surface area contributed by atoms with Gasteiger partial charge in [0.2, 0.25) is 23.6 Å². The average Bonchev–Trinajstić information content (AvgIpc) is 2.64. The van der Waals surface area contributed by atoms with E-state index in [1.54, 1.807) is 13.8 Å². The zero-order chi connectivity index (χ0) is 23.6. The highest BCUT2D eigenvalue weighted by Crippen LogP contribution is 2.06. The van der Waals surface area contributed by atoms with Gasteiger partial charge in [0.05, 0.1) is 18.9 Å². The standard InChI is InChI=1S/C17H29N5O8/c1-4-7(2)13(19)16(28)22-9(5-11(18)23)15(27)21-10(6-12(24)25)14(26)20-8(3)17(29)30/h7-10,13H,4-6,19H2,1-3H3,(H2,18,23)(H,20,26)(H,21,27)(H,22,28)(H,24,25)(H,29,30). The maximum Gasteiger partial charge on any atom is 0.325 e. The molecule has 0 fully saturated rings. The van der Waals surface area contributed by atoms with Gasteiger partial charge in [0.15, 0.2) is 0 Å². The summed E-state index contributed by atoms with van der Waals surface area (Å²) in [6.07, 6.45) is -0.921. The molecule has 0 rings (SSSR count). The number of carboxylic acids is 2. The van der Waals surface area contributed by atoms with Gasteiger partial charge in [-0.1, -0.05) is 20.3 Å². The fourth-order valence-corrected chi connectivity index (χ4v) is 2.22. The van der Waals surface area contributed by atoms with Crippen molar-refractivity contribution in [2.75, 3.05) is 0 Å². The van der Waals surface area contributed by atoms with E-state index in [0.717, 1.165) is 6.92 Å². The SMILES string of the molecule is CCC(C)C(N)C(=O)NC(CC(N)=O)C(=O)NC(CC(=O)O)C(=O)NC(C)C(=O)O. The Hall–Kier alpha value is -3.22. The second kappa shape index (κ2) is 12.4. The van der Waals surface area contributed by atoms with Crippen LogP contribution < -0.4 is 27.4 Å². The highest BCUT2D eigenvalue weighted by atomic mass is 16.4. The van der Waals surface area contributed by atoms with Crippen LogP contribution in [0.2, 0.25) is 0 Å². The number of carbonyl (C=O) groups is 6. The van der Waals surface area contributed by atoms with Crippen molar-refractivity contribution in [1.29, 1.82) is 0 Å². The van der Waals surface area contributed by atoms with E-state index in [-0.39, 0.29) is 5.92 Å². The minimum Gasteiger partial charge on any atom is -0.481 e. The van der Waals surface area contributed by atoms with Crippen molar-refractivity contribution in [2.24, 2.45) is 17.4 Å². The molecule has 0 aliphatic carbocycles. The summed E-state index contributed by atoms with van der Waals surface area (Å²) in [6.45, 7) is 4.66. The molecule has 0 aliphatic rings. The van der Waals surface area contributed by atoms with E-state index in [9.17, 15) is 28.8 Å². The molecule has 0 heterocycles. The summed E-state index contributed by atoms with van der Waals surface area (Å²) in [5.74, 6) is -6.85. The number of nitrogens with two attached hydrogens (primary N) is 2. The topological polar surface area (TPSA) is 231 Å². The van der Waals surface area contributed by atoms with Crippen molar-refractivity contribution < 1.29 is 39.0 Å². The molecule has 0 aromatic carbocycles. The lowest BCUT2D eigenvalue weighted by atomic mass is 9.99. The van der Waals surface area contributed by atoms with Crippen LogP contribution in [0.1, 0.15) is 40.0 Å². The van der Waals surface area contributed by atoms with E-state index in [1.165, 1.54) is 0 Å². The van der Waals surface area contributed by atoms with Gasteiger partial charge in [0.1, 0.15) is 18.1 Å². The highest BCUT2D eigenvalue weighted by molar-refractivity contribution is 5.97. The molecule has 4 amide bonds. The molecule has 13 heteroatoms. The summed E-state index contributed by atoms with van der Waals surface area (Å²) in [7, 11) is 0. The smallest absolute Gasteiger partial charge is 0.325 e. The predicted molar refractivity (Wildman–Crippen MR) is 103 cm³/mol. The summed E-state index contributed by atoms with van der Waals surface area (Å²) in [5.41, 5.74) is 10.9. The number of carbonyl (C=O) groups excluding carboxylic acids is 4. The van der Waals surface area contributed by atoms with Crippen molar-refractivity contribution in [3.63, 3.8) is 0 Å². The highest BCUT2D eigenvalue weighted by Gasteiger charge is 2.32. The van der Waals surface area contributed by atoms with Gasteiger partial charge in [-0.2, -0.15) is 0 Å². The number of amides is 4. The van der Waals surface area contributed by atoms with Gasteiger partial charge >= 0.3 is 11.9 Å². The molecule has 0 spiro atoms. The monoisotopic (exact) mass is 431 g/mol. The molecule has 30 heavy (non-hydrogen) atoms. The van der Waals surface area contributed by atoms with Gasteiger partial charge in [0, 0.05) is 0 Å². The van der Waals surface area contributed by atoms with Crippen LogP contribution in [-0.4, -0.2) is 69.9 Å². The molecule has 0 saturated heterocycles. The van der Waals surface area contributed by atoms with Crippen molar-refractivity contribution in [3.05, 3.63) is 0 Å². The van der Waals surface area contributed by atoms with E-state index in [0.29, 0.717) is 6.42 Å². The minimum absolute atomic E-state index is 0.231. The van der Waals surface area contributed by atoms with Gasteiger partial charge in [-0.15, -0.1) is 0 Å². The number of carboxylic acid groups (broad SMARTS) is 2. The van der Waals surface area contributed by atoms with Gasteiger partial charge in [-0.3, -0.25) is 28.8 Å². The molecule has 0 radical (unpaired) electrons. The van der Waals surface area contributed by atoms with Crippen LogP contribution in [0.3, 0.4) is 0 Å². The Morgan fingerprint density at radius 1 is 0.833 bits per heavy atom. The summed E-state index contributed by atoms with van der Waals surface area (Å²) < 4.78 is 0. The molecule has 5 atom stereocenters. The van der Waals surface area contributed by atoms with Crippen molar-refractivity contribution in [1.82, 2.24) is 16.0 Å². The fourth-order valence-electron chi connectivity index (χ4n) is 2.22. The van der Waals surface area contributed by atoms with Crippen LogP contribution in [0.5, 0.6) is 0 Å². The zero-order valence-electron chi connectivity index (χ0n) is 17.0. The van der Waals surface area contributed by atoms with Crippen LogP contribution >= 0.6 is 0 Å². The lowest BCUT2D eigenvalue weighted by Gasteiger charge is -2.24. The summed E-state index contributed by atoms with van der Waals surface area (Å²) in [6, 6.07) is -5.49. The van der Waals surface area contributed by atoms with Crippen LogP contribution in [0.25, 0.3) is 0 Å². The molecule has 170 valence electrons. The lowest BCUT2D eigenvalue weighted by Crippen LogP contribution is -2.58. The largest absolute Gasteiger partial charge is 0.481 e. The molecule has 0 bridgehead atoms. The fraction of sp³-hybridized carbons (Fsp3) is 0.647. The normalized spacial score (nSPS) is 15.6. The first-order valence-corrected chi connectivity index (χ1v) is 9.19. The van der Waals surface area contributed by atoms with Gasteiger partial charge in [0.25, 0.3) is 0 Å². The van der Waals surface area contributed by atoms with E-state index >= 15 is 0 Å². The van der Waals surface area contributed by atoms with Crippen LogP contribution in [0, 0.1) is 5.92 Å². The second-order valence-corrected chi connectivity index (χ2v) is 6.87. The molecular formula is C17H29N5O8. The Labute approximate surface area is 172 Å². The van der Waals surface area contributed by atoms with E-state index in [1.807, 2.05) is 5.32 Å². The number of hydrogen-bond acceptors (Lipinski definition) is 7. The molecule has 0 saturated carbocycles. The number of primary amides is 1. The molecule has 0 aromatic rings. The first kappa shape index (κ1) is 26.8. The summed E-state index contributed by atoms with van der Waals surface area (Å²) in [4.78, 5) is 70.2. The Morgan fingerprint density at radius 2 is 1.30 bits per heavy atom. The molecule has 0 aromatic heterocycles. The molecule has 0 aliphatic heterocycles. The van der Waals surface area contributed by atoms with Crippen LogP contribution in [-0.2, 0) is 28.8 Å². The Kier molecular flexibility index (Phi) is 11.0. The van der Waals surface area contributed by atoms with Gasteiger partial charge in [-0.05, 0) is 12.8 Å². The minimum atomic E-state index is -1.66. The van der Waals surface area contributed by atoms with E-state index in [2.05, 4.69) is 10.6 Å². The first-order chi connectivity index (χ1) is 13.8. The Bertz CT molecular complexity index is 683. The van der Waals surface area contributed by atoms with Gasteiger partial charge in [-0.25, -0.2) is 0 Å². The Balaban J connectivity index is 5.44. The van der Waals surface area contributed by atoms with Crippen molar-refractivity contribution >= 4 is 35.6 Å². The van der Waals surface area contributed by atoms with Crippen molar-refractivity contribution in [2.45, 2.75) is 64.2 Å². The molecule has 5 unspecified atom stereocenters. The maximum atomic E-state index is 12.5. The third kappa shape index (κ3) is 9.32.